The third-order valence-corrected chi connectivity index (χ3v) is 11.9. The fourth-order valence-electron chi connectivity index (χ4n) is 9.59. The van der Waals surface area contributed by atoms with E-state index in [4.69, 9.17) is 28.4 Å². The van der Waals surface area contributed by atoms with Crippen LogP contribution in [0, 0.1) is 34.5 Å². The molecule has 5 aliphatic rings. The molecule has 3 saturated carbocycles. The molecule has 9 atom stereocenters. The number of carbonyl (C=O) groups is 3. The van der Waals surface area contributed by atoms with Crippen molar-refractivity contribution < 1.29 is 42.8 Å². The highest BCUT2D eigenvalue weighted by molar-refractivity contribution is 5.90. The molecule has 0 bridgehead atoms. The molecule has 5 rings (SSSR count). The van der Waals surface area contributed by atoms with Crippen LogP contribution in [0.2, 0.25) is 0 Å². The van der Waals surface area contributed by atoms with Crippen molar-refractivity contribution in [3.05, 3.63) is 35.5 Å². The Kier molecular flexibility index (Phi) is 10.4. The normalized spacial score (nSPS) is 36.3. The largest absolute Gasteiger partial charge is 0.508 e. The van der Waals surface area contributed by atoms with Crippen molar-refractivity contribution in [2.24, 2.45) is 34.5 Å². The molecule has 0 radical (unpaired) electrons. The van der Waals surface area contributed by atoms with Crippen molar-refractivity contribution in [2.45, 2.75) is 123 Å². The van der Waals surface area contributed by atoms with E-state index < -0.39 is 35.5 Å². The number of ketones is 1. The lowest BCUT2D eigenvalue weighted by Crippen LogP contribution is -2.54. The molecular formula is C37H54O9. The van der Waals surface area contributed by atoms with E-state index in [1.165, 1.54) is 19.8 Å². The van der Waals surface area contributed by atoms with Gasteiger partial charge in [0.05, 0.1) is 19.8 Å². The number of fused-ring (bicyclic) bond motifs is 5. The second-order valence-electron chi connectivity index (χ2n) is 15.2. The second-order valence-corrected chi connectivity index (χ2v) is 15.2. The summed E-state index contributed by atoms with van der Waals surface area (Å²) < 4.78 is 33.0. The van der Waals surface area contributed by atoms with E-state index in [2.05, 4.69) is 39.0 Å². The predicted octanol–water partition coefficient (Wildman–Crippen LogP) is 7.87. The molecule has 0 aromatic heterocycles. The van der Waals surface area contributed by atoms with Crippen LogP contribution in [0.4, 0.5) is 9.59 Å². The maximum absolute atomic E-state index is 13.1. The molecule has 0 aromatic carbocycles. The summed E-state index contributed by atoms with van der Waals surface area (Å²) in [6, 6.07) is 0. The van der Waals surface area contributed by atoms with E-state index in [0.717, 1.165) is 57.1 Å². The van der Waals surface area contributed by atoms with Crippen LogP contribution in [0.5, 0.6) is 0 Å². The molecule has 0 amide bonds. The maximum Gasteiger partial charge on any atom is 0.508 e. The Labute approximate surface area is 274 Å². The van der Waals surface area contributed by atoms with Gasteiger partial charge in [-0.1, -0.05) is 50.1 Å². The lowest BCUT2D eigenvalue weighted by molar-refractivity contribution is -0.215. The molecule has 4 fully saturated rings. The van der Waals surface area contributed by atoms with Crippen molar-refractivity contribution >= 4 is 18.1 Å². The fraction of sp³-hybridized carbons (Fsp3) is 0.757. The summed E-state index contributed by atoms with van der Waals surface area (Å²) in [5, 5.41) is 0. The second kappa shape index (κ2) is 13.8. The van der Waals surface area contributed by atoms with Gasteiger partial charge in [-0.15, -0.1) is 0 Å². The van der Waals surface area contributed by atoms with Crippen LogP contribution in [0.3, 0.4) is 0 Å². The summed E-state index contributed by atoms with van der Waals surface area (Å²) >= 11 is 0. The Bertz CT molecular complexity index is 1240. The molecule has 0 N–H and O–H groups in total. The smallest absolute Gasteiger partial charge is 0.438 e. The van der Waals surface area contributed by atoms with E-state index in [1.54, 1.807) is 6.08 Å². The number of ether oxygens (including phenoxy) is 6. The number of carbonyl (C=O) groups excluding carboxylic acids is 3. The molecule has 1 unspecified atom stereocenters. The lowest BCUT2D eigenvalue weighted by Gasteiger charge is -2.57. The molecule has 4 aliphatic carbocycles. The Hall–Kier alpha value is -2.65. The van der Waals surface area contributed by atoms with Gasteiger partial charge in [0.1, 0.15) is 12.2 Å². The third kappa shape index (κ3) is 6.96. The van der Waals surface area contributed by atoms with Crippen LogP contribution >= 0.6 is 0 Å². The van der Waals surface area contributed by atoms with Crippen LogP contribution in [-0.4, -0.2) is 63.0 Å². The Balaban J connectivity index is 1.29. The SMILES string of the molecule is COC(=O)O[C@@H]1CC2=CC=C3[C@@H]4CC[C@H]([C@H](C)/C=C\C(=O)CC(C)(C)OC5CCCCO5)[C@@]4(C)CC[C@@H]3[C@@]2(C)[C@@H](OC(=O)OC)C1. The first-order valence-electron chi connectivity index (χ1n) is 17.2. The first-order valence-corrected chi connectivity index (χ1v) is 17.2. The minimum Gasteiger partial charge on any atom is -0.438 e. The number of hydrogen-bond acceptors (Lipinski definition) is 9. The molecule has 9 heteroatoms. The van der Waals surface area contributed by atoms with Gasteiger partial charge in [-0.25, -0.2) is 9.59 Å². The van der Waals surface area contributed by atoms with Crippen molar-refractivity contribution in [1.29, 1.82) is 0 Å². The van der Waals surface area contributed by atoms with Crippen LogP contribution in [0.15, 0.2) is 35.5 Å². The highest BCUT2D eigenvalue weighted by Crippen LogP contribution is 2.66. The van der Waals surface area contributed by atoms with Gasteiger partial charge >= 0.3 is 12.3 Å². The van der Waals surface area contributed by atoms with Gasteiger partial charge < -0.3 is 28.4 Å². The lowest BCUT2D eigenvalue weighted by atomic mass is 9.49. The number of allylic oxidation sites excluding steroid dienone is 5. The molecule has 0 aromatic rings. The first kappa shape index (κ1) is 34.7. The van der Waals surface area contributed by atoms with Crippen molar-refractivity contribution in [1.82, 2.24) is 0 Å². The Morgan fingerprint density at radius 1 is 1.00 bits per heavy atom. The van der Waals surface area contributed by atoms with E-state index in [0.29, 0.717) is 31.1 Å². The van der Waals surface area contributed by atoms with Crippen LogP contribution in [0.25, 0.3) is 0 Å². The van der Waals surface area contributed by atoms with E-state index in [9.17, 15) is 14.4 Å². The topological polar surface area (TPSA) is 107 Å². The monoisotopic (exact) mass is 642 g/mol. The summed E-state index contributed by atoms with van der Waals surface area (Å²) in [6.07, 6.45) is 14.3. The highest BCUT2D eigenvalue weighted by atomic mass is 16.7. The van der Waals surface area contributed by atoms with Crippen LogP contribution < -0.4 is 0 Å². The van der Waals surface area contributed by atoms with Crippen LogP contribution in [0.1, 0.15) is 98.8 Å². The standard InChI is InChI=1S/C37H54O9/c1-23(11-13-25(38)22-35(2,3)46-32-10-8-9-19-43-32)28-15-16-29-27-14-12-24-20-26(44-33(39)41-6)21-31(45-34(40)42-7)37(24,5)30(27)17-18-36(28,29)4/h11-14,23,26,28-32H,8-10,15-22H2,1-7H3/b13-11-/t23-,26-,28-,29+,30+,31+,32?,36-,37+/m1/s1. The molecule has 46 heavy (non-hydrogen) atoms. The van der Waals surface area contributed by atoms with Crippen LogP contribution in [-0.2, 0) is 33.2 Å². The van der Waals surface area contributed by atoms with Gasteiger partial charge in [0.25, 0.3) is 0 Å². The number of methoxy groups -OCH3 is 2. The third-order valence-electron chi connectivity index (χ3n) is 11.9. The maximum atomic E-state index is 13.1. The summed E-state index contributed by atoms with van der Waals surface area (Å²) in [6.45, 7) is 11.6. The molecular weight excluding hydrogens is 588 g/mol. The van der Waals surface area contributed by atoms with E-state index in [-0.39, 0.29) is 29.3 Å². The predicted molar refractivity (Wildman–Crippen MR) is 172 cm³/mol. The Morgan fingerprint density at radius 2 is 1.74 bits per heavy atom. The van der Waals surface area contributed by atoms with E-state index >= 15 is 0 Å². The fourth-order valence-corrected chi connectivity index (χ4v) is 9.59. The van der Waals surface area contributed by atoms with Crippen molar-refractivity contribution in [3.63, 3.8) is 0 Å². The zero-order valence-electron chi connectivity index (χ0n) is 28.8. The zero-order chi connectivity index (χ0) is 33.3. The zero-order valence-corrected chi connectivity index (χ0v) is 28.8. The highest BCUT2D eigenvalue weighted by Gasteiger charge is 2.60. The van der Waals surface area contributed by atoms with Gasteiger partial charge in [-0.05, 0) is 94.0 Å². The average Bonchev–Trinajstić information content (AvgIpc) is 3.37. The van der Waals surface area contributed by atoms with Gasteiger partial charge in [-0.3, -0.25) is 4.79 Å². The summed E-state index contributed by atoms with van der Waals surface area (Å²) in [7, 11) is 2.60. The van der Waals surface area contributed by atoms with Gasteiger partial charge in [0, 0.05) is 31.3 Å². The van der Waals surface area contributed by atoms with Crippen molar-refractivity contribution in [2.75, 3.05) is 20.8 Å². The number of rotatable bonds is 9. The Morgan fingerprint density at radius 3 is 2.43 bits per heavy atom. The number of hydrogen-bond donors (Lipinski definition) is 0. The first-order chi connectivity index (χ1) is 21.8. The minimum atomic E-state index is -0.737. The molecule has 1 heterocycles. The van der Waals surface area contributed by atoms with E-state index in [1.807, 2.05) is 13.8 Å². The van der Waals surface area contributed by atoms with Gasteiger partial charge in [0.15, 0.2) is 12.1 Å². The molecule has 9 nitrogen and oxygen atoms in total. The summed E-state index contributed by atoms with van der Waals surface area (Å²) in [5.74, 6) is 1.41. The van der Waals surface area contributed by atoms with Gasteiger partial charge in [-0.2, -0.15) is 0 Å². The summed E-state index contributed by atoms with van der Waals surface area (Å²) in [5.41, 5.74) is 1.66. The molecule has 256 valence electrons. The minimum absolute atomic E-state index is 0.0834. The quantitative estimate of drug-likeness (QED) is 0.183. The van der Waals surface area contributed by atoms with Gasteiger partial charge in [0.2, 0.25) is 0 Å². The molecule has 1 aliphatic heterocycles. The summed E-state index contributed by atoms with van der Waals surface area (Å²) in [4.78, 5) is 37.4. The molecule has 1 saturated heterocycles. The van der Waals surface area contributed by atoms with Crippen molar-refractivity contribution in [3.8, 4) is 0 Å². The average molecular weight is 643 g/mol. The molecule has 0 spiro atoms.